The third-order valence-corrected chi connectivity index (χ3v) is 2.44. The quantitative estimate of drug-likeness (QED) is 0.773. The molecule has 1 aromatic carbocycles. The highest BCUT2D eigenvalue weighted by Gasteiger charge is 2.09. The summed E-state index contributed by atoms with van der Waals surface area (Å²) in [5.74, 6) is 0.988. The van der Waals surface area contributed by atoms with Crippen molar-refractivity contribution in [2.45, 2.75) is 32.9 Å². The summed E-state index contributed by atoms with van der Waals surface area (Å²) in [5, 5.41) is 3.37. The monoisotopic (exact) mass is 191 g/mol. The zero-order chi connectivity index (χ0) is 9.97. The molecule has 14 heavy (non-hydrogen) atoms. The van der Waals surface area contributed by atoms with Gasteiger partial charge in [0, 0.05) is 6.54 Å². The largest absolute Gasteiger partial charge is 0.491 e. The summed E-state index contributed by atoms with van der Waals surface area (Å²) in [4.78, 5) is 0. The number of fused-ring (bicyclic) bond motifs is 1. The molecule has 2 rings (SSSR count). The Morgan fingerprint density at radius 2 is 2.14 bits per heavy atom. The summed E-state index contributed by atoms with van der Waals surface area (Å²) in [6, 6.07) is 6.42. The van der Waals surface area contributed by atoms with Crippen molar-refractivity contribution in [2.24, 2.45) is 0 Å². The maximum Gasteiger partial charge on any atom is 0.120 e. The van der Waals surface area contributed by atoms with Crippen LogP contribution in [-0.2, 0) is 13.0 Å². The Balaban J connectivity index is 2.20. The van der Waals surface area contributed by atoms with Crippen molar-refractivity contribution in [3.63, 3.8) is 0 Å². The summed E-state index contributed by atoms with van der Waals surface area (Å²) in [6.45, 7) is 6.18. The van der Waals surface area contributed by atoms with Crippen LogP contribution in [0.15, 0.2) is 18.2 Å². The summed E-state index contributed by atoms with van der Waals surface area (Å²) < 4.78 is 5.65. The van der Waals surface area contributed by atoms with Gasteiger partial charge in [0.2, 0.25) is 0 Å². The van der Waals surface area contributed by atoms with E-state index in [9.17, 15) is 0 Å². The molecule has 1 aliphatic rings. The molecule has 1 aliphatic heterocycles. The lowest BCUT2D eigenvalue weighted by Crippen LogP contribution is -2.23. The van der Waals surface area contributed by atoms with E-state index in [2.05, 4.69) is 37.4 Å². The molecule has 0 atom stereocenters. The molecule has 2 nitrogen and oxygen atoms in total. The Labute approximate surface area is 85.3 Å². The number of nitrogens with one attached hydrogen (secondary N) is 1. The zero-order valence-electron chi connectivity index (χ0n) is 8.84. The highest BCUT2D eigenvalue weighted by atomic mass is 16.5. The van der Waals surface area contributed by atoms with E-state index >= 15 is 0 Å². The fourth-order valence-corrected chi connectivity index (χ4v) is 1.80. The van der Waals surface area contributed by atoms with Crippen molar-refractivity contribution in [3.05, 3.63) is 29.3 Å². The van der Waals surface area contributed by atoms with Crippen LogP contribution < -0.4 is 10.1 Å². The molecule has 0 amide bonds. The van der Waals surface area contributed by atoms with Crippen molar-refractivity contribution >= 4 is 0 Å². The molecule has 0 bridgehead atoms. The van der Waals surface area contributed by atoms with Gasteiger partial charge in [0.25, 0.3) is 0 Å². The minimum atomic E-state index is 0.254. The molecule has 1 aromatic rings. The van der Waals surface area contributed by atoms with Crippen molar-refractivity contribution < 1.29 is 4.74 Å². The fraction of sp³-hybridized carbons (Fsp3) is 0.500. The predicted octanol–water partition coefficient (Wildman–Crippen LogP) is 2.12. The Hall–Kier alpha value is -1.02. The number of benzene rings is 1. The van der Waals surface area contributed by atoms with Crippen LogP contribution >= 0.6 is 0 Å². The summed E-state index contributed by atoms with van der Waals surface area (Å²) >= 11 is 0. The van der Waals surface area contributed by atoms with E-state index in [1.165, 1.54) is 11.1 Å². The molecule has 76 valence electrons. The van der Waals surface area contributed by atoms with E-state index in [0.717, 1.165) is 25.3 Å². The minimum absolute atomic E-state index is 0.254. The first-order valence-electron chi connectivity index (χ1n) is 5.25. The zero-order valence-corrected chi connectivity index (χ0v) is 8.84. The van der Waals surface area contributed by atoms with Crippen LogP contribution in [0, 0.1) is 0 Å². The van der Waals surface area contributed by atoms with Crippen LogP contribution in [0.5, 0.6) is 5.75 Å². The highest BCUT2D eigenvalue weighted by molar-refractivity contribution is 5.37. The van der Waals surface area contributed by atoms with Crippen LogP contribution in [0.3, 0.4) is 0 Å². The lowest BCUT2D eigenvalue weighted by atomic mass is 10.0. The van der Waals surface area contributed by atoms with Gasteiger partial charge >= 0.3 is 0 Å². The molecule has 1 N–H and O–H groups in total. The van der Waals surface area contributed by atoms with E-state index < -0.39 is 0 Å². The highest BCUT2D eigenvalue weighted by Crippen LogP contribution is 2.21. The average molecular weight is 191 g/mol. The van der Waals surface area contributed by atoms with Crippen molar-refractivity contribution in [1.82, 2.24) is 5.32 Å². The molecule has 2 heteroatoms. The first-order valence-corrected chi connectivity index (χ1v) is 5.25. The molecular weight excluding hydrogens is 174 g/mol. The first kappa shape index (κ1) is 9.53. The van der Waals surface area contributed by atoms with Crippen LogP contribution in [0.4, 0.5) is 0 Å². The molecule has 0 radical (unpaired) electrons. The second-order valence-corrected chi connectivity index (χ2v) is 4.02. The number of hydrogen-bond donors (Lipinski definition) is 1. The van der Waals surface area contributed by atoms with Crippen LogP contribution in [0.25, 0.3) is 0 Å². The Bertz CT molecular complexity index is 320. The second-order valence-electron chi connectivity index (χ2n) is 4.02. The summed E-state index contributed by atoms with van der Waals surface area (Å²) in [5.41, 5.74) is 2.84. The Kier molecular flexibility index (Phi) is 2.73. The van der Waals surface area contributed by atoms with Crippen molar-refractivity contribution in [3.8, 4) is 5.75 Å². The molecule has 0 aliphatic carbocycles. The Morgan fingerprint density at radius 3 is 2.93 bits per heavy atom. The molecule has 0 spiro atoms. The standard InChI is InChI=1S/C12H17NO/c1-9(2)14-12-4-3-10-5-6-13-8-11(10)7-12/h3-4,7,9,13H,5-6,8H2,1-2H3. The molecular formula is C12H17NO. The lowest BCUT2D eigenvalue weighted by molar-refractivity contribution is 0.242. The van der Waals surface area contributed by atoms with Gasteiger partial charge in [-0.25, -0.2) is 0 Å². The van der Waals surface area contributed by atoms with Gasteiger partial charge in [0.05, 0.1) is 6.10 Å². The molecule has 0 aromatic heterocycles. The van der Waals surface area contributed by atoms with Gasteiger partial charge < -0.3 is 10.1 Å². The minimum Gasteiger partial charge on any atom is -0.491 e. The number of hydrogen-bond acceptors (Lipinski definition) is 2. The van der Waals surface area contributed by atoms with Crippen molar-refractivity contribution in [2.75, 3.05) is 6.54 Å². The third-order valence-electron chi connectivity index (χ3n) is 2.44. The first-order chi connectivity index (χ1) is 6.75. The third kappa shape index (κ3) is 2.07. The van der Waals surface area contributed by atoms with E-state index in [-0.39, 0.29) is 6.10 Å². The summed E-state index contributed by atoms with van der Waals surface area (Å²) in [7, 11) is 0. The molecule has 1 heterocycles. The Morgan fingerprint density at radius 1 is 1.29 bits per heavy atom. The summed E-state index contributed by atoms with van der Waals surface area (Å²) in [6.07, 6.45) is 1.39. The molecule has 0 saturated carbocycles. The maximum atomic E-state index is 5.65. The van der Waals surface area contributed by atoms with E-state index in [0.29, 0.717) is 0 Å². The van der Waals surface area contributed by atoms with E-state index in [4.69, 9.17) is 4.74 Å². The van der Waals surface area contributed by atoms with Gasteiger partial charge in [-0.1, -0.05) is 6.07 Å². The van der Waals surface area contributed by atoms with Gasteiger partial charge in [-0.05, 0) is 50.1 Å². The number of rotatable bonds is 2. The normalized spacial score (nSPS) is 15.4. The van der Waals surface area contributed by atoms with E-state index in [1.807, 2.05) is 0 Å². The smallest absolute Gasteiger partial charge is 0.120 e. The number of ether oxygens (including phenoxy) is 1. The predicted molar refractivity (Wildman–Crippen MR) is 57.6 cm³/mol. The molecule has 0 saturated heterocycles. The van der Waals surface area contributed by atoms with Crippen LogP contribution in [0.2, 0.25) is 0 Å². The van der Waals surface area contributed by atoms with Gasteiger partial charge in [-0.15, -0.1) is 0 Å². The van der Waals surface area contributed by atoms with Crippen LogP contribution in [0.1, 0.15) is 25.0 Å². The van der Waals surface area contributed by atoms with E-state index in [1.54, 1.807) is 0 Å². The molecule has 0 fully saturated rings. The molecule has 0 unspecified atom stereocenters. The van der Waals surface area contributed by atoms with Crippen molar-refractivity contribution in [1.29, 1.82) is 0 Å². The van der Waals surface area contributed by atoms with Gasteiger partial charge in [0.1, 0.15) is 5.75 Å². The average Bonchev–Trinajstić information content (AvgIpc) is 2.17. The second kappa shape index (κ2) is 4.01. The lowest BCUT2D eigenvalue weighted by Gasteiger charge is -2.18. The van der Waals surface area contributed by atoms with Gasteiger partial charge in [0.15, 0.2) is 0 Å². The van der Waals surface area contributed by atoms with Gasteiger partial charge in [-0.3, -0.25) is 0 Å². The van der Waals surface area contributed by atoms with Gasteiger partial charge in [-0.2, -0.15) is 0 Å². The SMILES string of the molecule is CC(C)Oc1ccc2c(c1)CNCC2. The van der Waals surface area contributed by atoms with Crippen LogP contribution in [-0.4, -0.2) is 12.6 Å². The fourth-order valence-electron chi connectivity index (χ4n) is 1.80. The maximum absolute atomic E-state index is 5.65. The topological polar surface area (TPSA) is 21.3 Å².